The molecule has 2 aliphatic rings. The minimum atomic E-state index is -0.839. The number of methoxy groups -OCH3 is 2. The van der Waals surface area contributed by atoms with Crippen LogP contribution in [0, 0.1) is 5.92 Å². The van der Waals surface area contributed by atoms with Crippen LogP contribution in [0.3, 0.4) is 0 Å². The third kappa shape index (κ3) is 5.11. The van der Waals surface area contributed by atoms with Crippen molar-refractivity contribution in [3.63, 3.8) is 0 Å². The number of esters is 1. The minimum absolute atomic E-state index is 0.00380. The third-order valence-electron chi connectivity index (χ3n) is 7.10. The zero-order chi connectivity index (χ0) is 24.8. The highest BCUT2D eigenvalue weighted by atomic mass is 16.7. The normalized spacial score (nSPS) is 20.3. The molecule has 188 valence electrons. The van der Waals surface area contributed by atoms with Crippen LogP contribution in [-0.2, 0) is 28.7 Å². The Labute approximate surface area is 204 Å². The molecule has 2 saturated heterocycles. The van der Waals surface area contributed by atoms with Crippen molar-refractivity contribution in [3.8, 4) is 0 Å². The van der Waals surface area contributed by atoms with E-state index in [9.17, 15) is 14.4 Å². The highest BCUT2D eigenvalue weighted by Crippen LogP contribution is 2.44. The Kier molecular flexibility index (Phi) is 7.87. The second-order valence-corrected chi connectivity index (χ2v) is 8.96. The first-order chi connectivity index (χ1) is 17.0. The number of carbonyl (C=O) groups is 3. The largest absolute Gasteiger partial charge is 0.469 e. The number of likely N-dealkylation sites (tertiary alicyclic amines) is 1. The van der Waals surface area contributed by atoms with Crippen molar-refractivity contribution in [3.05, 3.63) is 60.1 Å². The average molecular weight is 485 g/mol. The lowest BCUT2D eigenvalue weighted by atomic mass is 9.77. The van der Waals surface area contributed by atoms with E-state index in [-0.39, 0.29) is 37.2 Å². The molecule has 1 aromatic heterocycles. The lowest BCUT2D eigenvalue weighted by Crippen LogP contribution is -2.58. The average Bonchev–Trinajstić information content (AvgIpc) is 3.51. The van der Waals surface area contributed by atoms with Crippen LogP contribution in [0.15, 0.2) is 53.1 Å². The maximum absolute atomic E-state index is 13.4. The molecular weight excluding hydrogens is 452 g/mol. The maximum atomic E-state index is 13.4. The van der Waals surface area contributed by atoms with Crippen LogP contribution in [0.2, 0.25) is 0 Å². The van der Waals surface area contributed by atoms with Crippen LogP contribution >= 0.6 is 0 Å². The summed E-state index contributed by atoms with van der Waals surface area (Å²) in [5.74, 6) is -0.783. The zero-order valence-electron chi connectivity index (χ0n) is 20.2. The van der Waals surface area contributed by atoms with E-state index in [2.05, 4.69) is 0 Å². The summed E-state index contributed by atoms with van der Waals surface area (Å²) >= 11 is 0. The van der Waals surface area contributed by atoms with Gasteiger partial charge in [-0.05, 0) is 30.5 Å². The summed E-state index contributed by atoms with van der Waals surface area (Å²) in [5, 5.41) is 1.35. The SMILES string of the molecule is COCCON1C(=O)C[C@@H](C(=O)OC)C12CCN(C(=O)C[C@H](c1ccccc1)c1ccco1)CC2. The molecular formula is C26H32N2O7. The predicted octanol–water partition coefficient (Wildman–Crippen LogP) is 2.76. The lowest BCUT2D eigenvalue weighted by molar-refractivity contribution is -0.226. The number of ether oxygens (including phenoxy) is 2. The highest BCUT2D eigenvalue weighted by Gasteiger charge is 2.58. The van der Waals surface area contributed by atoms with E-state index in [4.69, 9.17) is 18.7 Å². The Bertz CT molecular complexity index is 1000. The van der Waals surface area contributed by atoms with Gasteiger partial charge in [-0.15, -0.1) is 0 Å². The first kappa shape index (κ1) is 24.9. The summed E-state index contributed by atoms with van der Waals surface area (Å²) in [7, 11) is 2.88. The number of amides is 2. The lowest BCUT2D eigenvalue weighted by Gasteiger charge is -2.45. The van der Waals surface area contributed by atoms with Crippen LogP contribution in [0.1, 0.15) is 42.9 Å². The zero-order valence-corrected chi connectivity index (χ0v) is 20.2. The Morgan fingerprint density at radius 2 is 1.83 bits per heavy atom. The summed E-state index contributed by atoms with van der Waals surface area (Å²) in [5.41, 5.74) is 0.170. The number of furan rings is 1. The summed E-state index contributed by atoms with van der Waals surface area (Å²) in [6, 6.07) is 13.5. The molecule has 2 atom stereocenters. The smallest absolute Gasteiger partial charge is 0.311 e. The Balaban J connectivity index is 1.48. The number of hydrogen-bond acceptors (Lipinski definition) is 7. The molecule has 0 aliphatic carbocycles. The molecule has 9 heteroatoms. The molecule has 1 spiro atoms. The van der Waals surface area contributed by atoms with Gasteiger partial charge in [0.25, 0.3) is 0 Å². The van der Waals surface area contributed by atoms with Gasteiger partial charge < -0.3 is 18.8 Å². The maximum Gasteiger partial charge on any atom is 0.311 e. The summed E-state index contributed by atoms with van der Waals surface area (Å²) < 4.78 is 15.7. The summed E-state index contributed by atoms with van der Waals surface area (Å²) in [4.78, 5) is 46.3. The van der Waals surface area contributed by atoms with Gasteiger partial charge in [0.2, 0.25) is 11.8 Å². The number of benzene rings is 1. The molecule has 35 heavy (non-hydrogen) atoms. The first-order valence-corrected chi connectivity index (χ1v) is 11.9. The number of hydrogen-bond donors (Lipinski definition) is 0. The van der Waals surface area contributed by atoms with Gasteiger partial charge in [0.15, 0.2) is 0 Å². The van der Waals surface area contributed by atoms with Crippen LogP contribution < -0.4 is 0 Å². The minimum Gasteiger partial charge on any atom is -0.469 e. The van der Waals surface area contributed by atoms with Crippen molar-refractivity contribution in [2.24, 2.45) is 5.92 Å². The number of piperidine rings is 1. The van der Waals surface area contributed by atoms with Crippen molar-refractivity contribution in [2.75, 3.05) is 40.5 Å². The molecule has 0 radical (unpaired) electrons. The van der Waals surface area contributed by atoms with Crippen molar-refractivity contribution in [2.45, 2.75) is 37.1 Å². The van der Waals surface area contributed by atoms with E-state index in [1.807, 2.05) is 42.5 Å². The van der Waals surface area contributed by atoms with Crippen molar-refractivity contribution in [1.29, 1.82) is 0 Å². The molecule has 2 aliphatic heterocycles. The van der Waals surface area contributed by atoms with Crippen LogP contribution in [-0.4, -0.2) is 73.8 Å². The quantitative estimate of drug-likeness (QED) is 0.399. The fourth-order valence-electron chi connectivity index (χ4n) is 5.25. The fourth-order valence-corrected chi connectivity index (χ4v) is 5.25. The van der Waals surface area contributed by atoms with E-state index < -0.39 is 17.4 Å². The van der Waals surface area contributed by atoms with Gasteiger partial charge in [-0.1, -0.05) is 30.3 Å². The molecule has 2 amide bonds. The van der Waals surface area contributed by atoms with Gasteiger partial charge >= 0.3 is 5.97 Å². The second-order valence-electron chi connectivity index (χ2n) is 8.96. The molecule has 2 aromatic rings. The van der Waals surface area contributed by atoms with Crippen molar-refractivity contribution >= 4 is 17.8 Å². The van der Waals surface area contributed by atoms with E-state index >= 15 is 0 Å². The van der Waals surface area contributed by atoms with Crippen LogP contribution in [0.4, 0.5) is 0 Å². The van der Waals surface area contributed by atoms with Gasteiger partial charge in [-0.2, -0.15) is 0 Å². The van der Waals surface area contributed by atoms with E-state index in [0.717, 1.165) is 11.3 Å². The van der Waals surface area contributed by atoms with E-state index in [1.165, 1.54) is 12.2 Å². The molecule has 0 saturated carbocycles. The molecule has 4 rings (SSSR count). The summed E-state index contributed by atoms with van der Waals surface area (Å²) in [6.07, 6.45) is 2.75. The predicted molar refractivity (Wildman–Crippen MR) is 125 cm³/mol. The Morgan fingerprint density at radius 3 is 2.46 bits per heavy atom. The highest BCUT2D eigenvalue weighted by molar-refractivity contribution is 5.88. The van der Waals surface area contributed by atoms with Crippen LogP contribution in [0.5, 0.6) is 0 Å². The van der Waals surface area contributed by atoms with Gasteiger partial charge in [-0.25, -0.2) is 5.06 Å². The fraction of sp³-hybridized carbons (Fsp3) is 0.500. The van der Waals surface area contributed by atoms with E-state index in [0.29, 0.717) is 32.5 Å². The van der Waals surface area contributed by atoms with E-state index in [1.54, 1.807) is 18.3 Å². The molecule has 9 nitrogen and oxygen atoms in total. The topological polar surface area (TPSA) is 98.5 Å². The van der Waals surface area contributed by atoms with Crippen molar-refractivity contribution in [1.82, 2.24) is 9.96 Å². The van der Waals surface area contributed by atoms with Gasteiger partial charge in [0.1, 0.15) is 5.76 Å². The molecule has 1 aromatic carbocycles. The molecule has 0 N–H and O–H groups in total. The Morgan fingerprint density at radius 1 is 1.09 bits per heavy atom. The Hall–Kier alpha value is -3.17. The third-order valence-corrected chi connectivity index (χ3v) is 7.10. The van der Waals surface area contributed by atoms with Gasteiger partial charge in [-0.3, -0.25) is 19.2 Å². The molecule has 0 bridgehead atoms. The monoisotopic (exact) mass is 484 g/mol. The molecule has 2 fully saturated rings. The summed E-state index contributed by atoms with van der Waals surface area (Å²) in [6.45, 7) is 1.33. The number of rotatable bonds is 9. The van der Waals surface area contributed by atoms with Crippen LogP contribution in [0.25, 0.3) is 0 Å². The molecule has 0 unspecified atom stereocenters. The number of nitrogens with zero attached hydrogens (tertiary/aromatic N) is 2. The first-order valence-electron chi connectivity index (χ1n) is 11.9. The standard InChI is InChI=1S/C26H32N2O7/c1-32-15-16-35-28-24(30)18-21(25(31)33-2)26(28)10-12-27(13-11-26)23(29)17-20(22-9-6-14-34-22)19-7-4-3-5-8-19/h3-9,14,20-21H,10-13,15-18H2,1-2H3/t20-,21+/m1/s1. The molecule has 3 heterocycles. The van der Waals surface area contributed by atoms with Gasteiger partial charge in [0, 0.05) is 33.0 Å². The second kappa shape index (κ2) is 11.0. The van der Waals surface area contributed by atoms with Crippen molar-refractivity contribution < 1.29 is 33.1 Å². The van der Waals surface area contributed by atoms with Gasteiger partial charge in [0.05, 0.1) is 44.0 Å². The number of hydroxylamine groups is 2. The number of carbonyl (C=O) groups excluding carboxylic acids is 3.